The van der Waals surface area contributed by atoms with Gasteiger partial charge in [0.15, 0.2) is 0 Å². The van der Waals surface area contributed by atoms with E-state index in [1.165, 1.54) is 7.11 Å². The van der Waals surface area contributed by atoms with Crippen LogP contribution in [0.15, 0.2) is 4.99 Å². The van der Waals surface area contributed by atoms with Crippen molar-refractivity contribution in [1.82, 2.24) is 0 Å². The van der Waals surface area contributed by atoms with Crippen molar-refractivity contribution in [1.29, 1.82) is 0 Å². The van der Waals surface area contributed by atoms with Gasteiger partial charge in [-0.05, 0) is 54.9 Å². The zero-order valence-electron chi connectivity index (χ0n) is 17.1. The second-order valence-electron chi connectivity index (χ2n) is 7.61. The number of nitrogens with zero attached hydrogens (tertiary/aromatic N) is 1. The molecular weight excluding hydrogens is 361 g/mol. The molecule has 0 radical (unpaired) electrons. The summed E-state index contributed by atoms with van der Waals surface area (Å²) in [6.07, 6.45) is -0.975. The summed E-state index contributed by atoms with van der Waals surface area (Å²) in [6.45, 7) is 12.3. The van der Waals surface area contributed by atoms with Gasteiger partial charge in [0.2, 0.25) is 0 Å². The molecule has 0 aliphatic heterocycles. The van der Waals surface area contributed by atoms with Gasteiger partial charge >= 0.3 is 19.7 Å². The minimum Gasteiger partial charge on any atom is -0.460 e. The third kappa shape index (κ3) is 12.2. The highest BCUT2D eigenvalue weighted by atomic mass is 31.2. The fourth-order valence-corrected chi connectivity index (χ4v) is 3.16. The normalized spacial score (nSPS) is 15.3. The van der Waals surface area contributed by atoms with Crippen LogP contribution in [0.25, 0.3) is 0 Å². The lowest BCUT2D eigenvalue weighted by molar-refractivity contribution is -0.153. The van der Waals surface area contributed by atoms with Gasteiger partial charge in [0.25, 0.3) is 0 Å². The van der Waals surface area contributed by atoms with Gasteiger partial charge in [-0.15, -0.1) is 0 Å². The predicted octanol–water partition coefficient (Wildman–Crippen LogP) is 4.36. The molecule has 8 nitrogen and oxygen atoms in total. The Morgan fingerprint density at radius 2 is 1.54 bits per heavy atom. The lowest BCUT2D eigenvalue weighted by Crippen LogP contribution is -2.26. The van der Waals surface area contributed by atoms with E-state index < -0.39 is 30.9 Å². The van der Waals surface area contributed by atoms with Gasteiger partial charge in [-0.1, -0.05) is 0 Å². The first-order valence-electron chi connectivity index (χ1n) is 8.50. The van der Waals surface area contributed by atoms with Crippen molar-refractivity contribution in [2.75, 3.05) is 19.9 Å². The molecule has 1 unspecified atom stereocenters. The maximum absolute atomic E-state index is 12.4. The van der Waals surface area contributed by atoms with Gasteiger partial charge in [0.1, 0.15) is 11.2 Å². The quantitative estimate of drug-likeness (QED) is 0.343. The fourth-order valence-electron chi connectivity index (χ4n) is 1.81. The van der Waals surface area contributed by atoms with Crippen molar-refractivity contribution in [3.8, 4) is 0 Å². The highest BCUT2D eigenvalue weighted by molar-refractivity contribution is 7.53. The maximum atomic E-state index is 12.4. The third-order valence-electron chi connectivity index (χ3n) is 2.69. The summed E-state index contributed by atoms with van der Waals surface area (Å²) in [7, 11) is -2.02. The molecule has 0 spiro atoms. The molecule has 0 aliphatic carbocycles. The molecule has 26 heavy (non-hydrogen) atoms. The van der Waals surface area contributed by atoms with Crippen LogP contribution in [-0.4, -0.2) is 48.9 Å². The molecule has 0 aromatic carbocycles. The first-order valence-corrected chi connectivity index (χ1v) is 10.2. The fraction of sp³-hybridized carbons (Fsp3) is 0.824. The van der Waals surface area contributed by atoms with E-state index in [0.29, 0.717) is 0 Å². The Hall–Kier alpha value is -1.24. The SMILES string of the molecule is CCOP(=O)(CCC(CC(=O)OC(C)(C)C)=NC(=O)OC(C)(C)C)OC. The number of carbonyl (C=O) groups excluding carboxylic acids is 2. The number of esters is 1. The number of rotatable bonds is 8. The third-order valence-corrected chi connectivity index (χ3v) is 4.67. The van der Waals surface area contributed by atoms with E-state index in [0.717, 1.165) is 0 Å². The van der Waals surface area contributed by atoms with Crippen LogP contribution in [0.3, 0.4) is 0 Å². The van der Waals surface area contributed by atoms with E-state index in [1.54, 1.807) is 48.5 Å². The largest absolute Gasteiger partial charge is 0.460 e. The average molecular weight is 393 g/mol. The summed E-state index contributed by atoms with van der Waals surface area (Å²) in [5, 5.41) is 0. The van der Waals surface area contributed by atoms with Crippen LogP contribution in [0, 0.1) is 0 Å². The molecular formula is C17H32NO7P. The first-order chi connectivity index (χ1) is 11.7. The molecule has 0 aromatic rings. The zero-order chi connectivity index (χ0) is 20.6. The molecule has 0 heterocycles. The van der Waals surface area contributed by atoms with Gasteiger partial charge in [-0.3, -0.25) is 9.36 Å². The Labute approximate surface area is 156 Å². The number of aliphatic imine (C=N–C) groups is 1. The average Bonchev–Trinajstić information content (AvgIpc) is 2.41. The van der Waals surface area contributed by atoms with Gasteiger partial charge < -0.3 is 18.5 Å². The van der Waals surface area contributed by atoms with E-state index in [4.69, 9.17) is 18.5 Å². The molecule has 0 bridgehead atoms. The van der Waals surface area contributed by atoms with Crippen molar-refractivity contribution in [3.63, 3.8) is 0 Å². The minimum absolute atomic E-state index is 0.0121. The van der Waals surface area contributed by atoms with E-state index in [2.05, 4.69) is 4.99 Å². The monoisotopic (exact) mass is 393 g/mol. The second-order valence-corrected chi connectivity index (χ2v) is 9.90. The van der Waals surface area contributed by atoms with Crippen LogP contribution in [0.2, 0.25) is 0 Å². The van der Waals surface area contributed by atoms with Gasteiger partial charge in [-0.2, -0.15) is 4.99 Å². The van der Waals surface area contributed by atoms with E-state index in [-0.39, 0.29) is 31.3 Å². The number of ether oxygens (including phenoxy) is 2. The van der Waals surface area contributed by atoms with Crippen molar-refractivity contribution >= 4 is 25.4 Å². The molecule has 152 valence electrons. The summed E-state index contributed by atoms with van der Waals surface area (Å²) < 4.78 is 32.9. The van der Waals surface area contributed by atoms with Crippen LogP contribution in [0.1, 0.15) is 61.3 Å². The summed E-state index contributed by atoms with van der Waals surface area (Å²) in [4.78, 5) is 27.9. The Balaban J connectivity index is 5.24. The Morgan fingerprint density at radius 3 is 1.96 bits per heavy atom. The molecule has 9 heteroatoms. The Morgan fingerprint density at radius 1 is 1.00 bits per heavy atom. The van der Waals surface area contributed by atoms with Crippen LogP contribution < -0.4 is 0 Å². The molecule has 1 amide bonds. The smallest absolute Gasteiger partial charge is 0.434 e. The summed E-state index contributed by atoms with van der Waals surface area (Å²) in [5.74, 6) is -0.538. The predicted molar refractivity (Wildman–Crippen MR) is 99.9 cm³/mol. The summed E-state index contributed by atoms with van der Waals surface area (Å²) in [6, 6.07) is 0. The van der Waals surface area contributed by atoms with Crippen LogP contribution in [0.5, 0.6) is 0 Å². The summed E-state index contributed by atoms with van der Waals surface area (Å²) >= 11 is 0. The zero-order valence-corrected chi connectivity index (χ0v) is 18.0. The number of hydrogen-bond donors (Lipinski definition) is 0. The minimum atomic E-state index is -3.31. The van der Waals surface area contributed by atoms with Crippen LogP contribution in [-0.2, 0) is 27.9 Å². The van der Waals surface area contributed by atoms with Crippen LogP contribution in [0.4, 0.5) is 4.79 Å². The number of amides is 1. The first kappa shape index (κ1) is 24.8. The van der Waals surface area contributed by atoms with E-state index in [9.17, 15) is 14.2 Å². The van der Waals surface area contributed by atoms with Crippen molar-refractivity contribution < 1.29 is 32.7 Å². The van der Waals surface area contributed by atoms with Crippen molar-refractivity contribution in [3.05, 3.63) is 0 Å². The highest BCUT2D eigenvalue weighted by Gasteiger charge is 2.26. The maximum Gasteiger partial charge on any atom is 0.434 e. The molecule has 0 aliphatic rings. The standard InChI is InChI=1S/C17H32NO7P/c1-9-23-26(21,22-8)11-10-13(12-14(19)24-16(2,3)4)18-15(20)25-17(5,6)7/h9-12H2,1-8H3. The van der Waals surface area contributed by atoms with Crippen molar-refractivity contribution in [2.45, 2.75) is 72.5 Å². The lowest BCUT2D eigenvalue weighted by Gasteiger charge is -2.21. The van der Waals surface area contributed by atoms with Gasteiger partial charge in [0.05, 0.1) is 19.2 Å². The van der Waals surface area contributed by atoms with E-state index in [1.807, 2.05) is 0 Å². The van der Waals surface area contributed by atoms with Gasteiger partial charge in [-0.25, -0.2) is 4.79 Å². The molecule has 0 saturated carbocycles. The topological polar surface area (TPSA) is 100 Å². The molecule has 0 fully saturated rings. The Kier molecular flexibility index (Phi) is 9.70. The van der Waals surface area contributed by atoms with Gasteiger partial charge in [0, 0.05) is 12.8 Å². The molecule has 0 N–H and O–H groups in total. The summed E-state index contributed by atoms with van der Waals surface area (Å²) in [5.41, 5.74) is -1.18. The lowest BCUT2D eigenvalue weighted by atomic mass is 10.1. The molecule has 0 rings (SSSR count). The highest BCUT2D eigenvalue weighted by Crippen LogP contribution is 2.47. The number of carbonyl (C=O) groups is 2. The molecule has 0 saturated heterocycles. The number of hydrogen-bond acceptors (Lipinski definition) is 7. The Bertz CT molecular complexity index is 558. The second kappa shape index (κ2) is 10.2. The molecule has 0 aromatic heterocycles. The van der Waals surface area contributed by atoms with E-state index >= 15 is 0 Å². The van der Waals surface area contributed by atoms with Crippen molar-refractivity contribution in [2.24, 2.45) is 4.99 Å². The van der Waals surface area contributed by atoms with Crippen LogP contribution >= 0.6 is 7.60 Å². The molecule has 1 atom stereocenters.